The summed E-state index contributed by atoms with van der Waals surface area (Å²) in [7, 11) is 0. The van der Waals surface area contributed by atoms with Crippen LogP contribution in [0.5, 0.6) is 0 Å². The van der Waals surface area contributed by atoms with Crippen LogP contribution in [0.4, 0.5) is 0 Å². The molecule has 0 fully saturated rings. The predicted octanol–water partition coefficient (Wildman–Crippen LogP) is 3.27. The molecule has 0 saturated carbocycles. The van der Waals surface area contributed by atoms with Crippen molar-refractivity contribution in [3.8, 4) is 0 Å². The number of aromatic nitrogens is 2. The number of ether oxygens (including phenoxy) is 2. The lowest BCUT2D eigenvalue weighted by Gasteiger charge is -2.13. The lowest BCUT2D eigenvalue weighted by atomic mass is 10.2. The topological polar surface area (TPSA) is 36.3 Å². The first-order valence-corrected chi connectivity index (χ1v) is 7.44. The van der Waals surface area contributed by atoms with Crippen LogP contribution in [0, 0.1) is 0 Å². The van der Waals surface area contributed by atoms with E-state index in [2.05, 4.69) is 33.2 Å². The van der Waals surface area contributed by atoms with E-state index in [4.69, 9.17) is 9.47 Å². The van der Waals surface area contributed by atoms with E-state index in [-0.39, 0.29) is 6.10 Å². The lowest BCUT2D eigenvalue weighted by molar-refractivity contribution is -0.0167. The summed E-state index contributed by atoms with van der Waals surface area (Å²) in [6, 6.07) is 10.2. The molecule has 4 nitrogen and oxygen atoms in total. The van der Waals surface area contributed by atoms with Gasteiger partial charge in [0, 0.05) is 6.20 Å². The molecule has 2 aromatic rings. The molecular weight excluding hydrogens is 320 g/mol. The van der Waals surface area contributed by atoms with Gasteiger partial charge in [-0.15, -0.1) is 0 Å². The van der Waals surface area contributed by atoms with Gasteiger partial charge in [-0.3, -0.25) is 4.68 Å². The highest BCUT2D eigenvalue weighted by Gasteiger charge is 2.03. The summed E-state index contributed by atoms with van der Waals surface area (Å²) in [4.78, 5) is 0. The SMILES string of the molecule is CC(COCCn1cc(Br)cn1)OCc1ccccc1. The van der Waals surface area contributed by atoms with Gasteiger partial charge in [-0.1, -0.05) is 30.3 Å². The van der Waals surface area contributed by atoms with Crippen molar-refractivity contribution in [3.63, 3.8) is 0 Å². The summed E-state index contributed by atoms with van der Waals surface area (Å²) in [6.45, 7) is 4.62. The van der Waals surface area contributed by atoms with E-state index in [9.17, 15) is 0 Å². The van der Waals surface area contributed by atoms with Gasteiger partial charge >= 0.3 is 0 Å². The van der Waals surface area contributed by atoms with E-state index in [0.29, 0.717) is 19.8 Å². The third kappa shape index (κ3) is 5.45. The van der Waals surface area contributed by atoms with Crippen LogP contribution in [0.2, 0.25) is 0 Å². The molecule has 5 heteroatoms. The summed E-state index contributed by atoms with van der Waals surface area (Å²) in [5.41, 5.74) is 1.18. The second kappa shape index (κ2) is 8.19. The van der Waals surface area contributed by atoms with Gasteiger partial charge in [0.25, 0.3) is 0 Å². The van der Waals surface area contributed by atoms with Crippen LogP contribution in [0.25, 0.3) is 0 Å². The molecule has 0 bridgehead atoms. The van der Waals surface area contributed by atoms with Crippen molar-refractivity contribution in [1.29, 1.82) is 0 Å². The Balaban J connectivity index is 1.57. The third-order valence-corrected chi connectivity index (χ3v) is 3.21. The molecule has 108 valence electrons. The fourth-order valence-corrected chi connectivity index (χ4v) is 2.06. The number of hydrogen-bond acceptors (Lipinski definition) is 3. The average Bonchev–Trinajstić information content (AvgIpc) is 2.88. The molecule has 1 aromatic carbocycles. The van der Waals surface area contributed by atoms with Crippen LogP contribution in [-0.4, -0.2) is 29.1 Å². The van der Waals surface area contributed by atoms with Crippen LogP contribution < -0.4 is 0 Å². The van der Waals surface area contributed by atoms with Crippen molar-refractivity contribution in [3.05, 3.63) is 52.8 Å². The van der Waals surface area contributed by atoms with E-state index >= 15 is 0 Å². The molecule has 0 aliphatic carbocycles. The highest BCUT2D eigenvalue weighted by molar-refractivity contribution is 9.10. The van der Waals surface area contributed by atoms with Gasteiger partial charge < -0.3 is 9.47 Å². The van der Waals surface area contributed by atoms with Crippen LogP contribution in [-0.2, 0) is 22.6 Å². The maximum atomic E-state index is 5.73. The molecule has 1 atom stereocenters. The summed E-state index contributed by atoms with van der Waals surface area (Å²) in [5, 5.41) is 4.17. The van der Waals surface area contributed by atoms with Gasteiger partial charge in [0.1, 0.15) is 0 Å². The molecule has 0 aliphatic rings. The van der Waals surface area contributed by atoms with E-state index in [1.165, 1.54) is 5.56 Å². The number of nitrogens with zero attached hydrogens (tertiary/aromatic N) is 2. The molecule has 0 aliphatic heterocycles. The van der Waals surface area contributed by atoms with Gasteiger partial charge in [0.2, 0.25) is 0 Å². The van der Waals surface area contributed by atoms with Crippen LogP contribution >= 0.6 is 15.9 Å². The van der Waals surface area contributed by atoms with E-state index < -0.39 is 0 Å². The fourth-order valence-electron chi connectivity index (χ4n) is 1.73. The maximum absolute atomic E-state index is 5.73. The first kappa shape index (κ1) is 15.2. The highest BCUT2D eigenvalue weighted by Crippen LogP contribution is 2.06. The maximum Gasteiger partial charge on any atom is 0.0785 e. The summed E-state index contributed by atoms with van der Waals surface area (Å²) in [5.74, 6) is 0. The molecule has 1 aromatic heterocycles. The smallest absolute Gasteiger partial charge is 0.0785 e. The number of benzene rings is 1. The first-order valence-electron chi connectivity index (χ1n) is 6.65. The molecule has 0 spiro atoms. The zero-order valence-corrected chi connectivity index (χ0v) is 13.1. The van der Waals surface area contributed by atoms with Crippen molar-refractivity contribution in [1.82, 2.24) is 9.78 Å². The van der Waals surface area contributed by atoms with Gasteiger partial charge in [-0.05, 0) is 28.4 Å². The summed E-state index contributed by atoms with van der Waals surface area (Å²) >= 11 is 3.36. The molecular formula is C15H19BrN2O2. The fraction of sp³-hybridized carbons (Fsp3) is 0.400. The molecule has 1 heterocycles. The molecule has 20 heavy (non-hydrogen) atoms. The van der Waals surface area contributed by atoms with Crippen molar-refractivity contribution in [2.24, 2.45) is 0 Å². The largest absolute Gasteiger partial charge is 0.377 e. The van der Waals surface area contributed by atoms with Crippen LogP contribution in [0.3, 0.4) is 0 Å². The highest BCUT2D eigenvalue weighted by atomic mass is 79.9. The monoisotopic (exact) mass is 338 g/mol. The molecule has 0 radical (unpaired) electrons. The minimum atomic E-state index is 0.0829. The minimum Gasteiger partial charge on any atom is -0.377 e. The minimum absolute atomic E-state index is 0.0829. The lowest BCUT2D eigenvalue weighted by Crippen LogP contribution is -2.18. The summed E-state index contributed by atoms with van der Waals surface area (Å²) in [6.07, 6.45) is 3.78. The Labute approximate surface area is 127 Å². The molecule has 0 amide bonds. The molecule has 1 unspecified atom stereocenters. The van der Waals surface area contributed by atoms with E-state index in [0.717, 1.165) is 11.0 Å². The normalized spacial score (nSPS) is 12.5. The van der Waals surface area contributed by atoms with E-state index in [1.807, 2.05) is 36.0 Å². The Morgan fingerprint density at radius 3 is 2.80 bits per heavy atom. The van der Waals surface area contributed by atoms with Crippen molar-refractivity contribution >= 4 is 15.9 Å². The summed E-state index contributed by atoms with van der Waals surface area (Å²) < 4.78 is 14.2. The number of hydrogen-bond donors (Lipinski definition) is 0. The van der Waals surface area contributed by atoms with Gasteiger partial charge in [0.15, 0.2) is 0 Å². The van der Waals surface area contributed by atoms with Crippen LogP contribution in [0.1, 0.15) is 12.5 Å². The second-order valence-corrected chi connectivity index (χ2v) is 5.52. The van der Waals surface area contributed by atoms with Crippen molar-refractivity contribution < 1.29 is 9.47 Å². The Hall–Kier alpha value is -1.17. The molecule has 2 rings (SSSR count). The van der Waals surface area contributed by atoms with Gasteiger partial charge in [-0.2, -0.15) is 5.10 Å². The van der Waals surface area contributed by atoms with Gasteiger partial charge in [-0.25, -0.2) is 0 Å². The van der Waals surface area contributed by atoms with Crippen molar-refractivity contribution in [2.75, 3.05) is 13.2 Å². The number of halogens is 1. The predicted molar refractivity (Wildman–Crippen MR) is 81.4 cm³/mol. The quantitative estimate of drug-likeness (QED) is 0.693. The van der Waals surface area contributed by atoms with Gasteiger partial charge in [0.05, 0.1) is 43.1 Å². The number of rotatable bonds is 8. The first-order chi connectivity index (χ1) is 9.74. The Bertz CT molecular complexity index is 502. The Kier molecular flexibility index (Phi) is 6.24. The molecule has 0 saturated heterocycles. The Morgan fingerprint density at radius 2 is 2.10 bits per heavy atom. The zero-order chi connectivity index (χ0) is 14.2. The van der Waals surface area contributed by atoms with Crippen LogP contribution in [0.15, 0.2) is 47.2 Å². The van der Waals surface area contributed by atoms with Crippen molar-refractivity contribution in [2.45, 2.75) is 26.2 Å². The van der Waals surface area contributed by atoms with E-state index in [1.54, 1.807) is 6.20 Å². The third-order valence-electron chi connectivity index (χ3n) is 2.80. The molecule has 0 N–H and O–H groups in total. The second-order valence-electron chi connectivity index (χ2n) is 4.60. The zero-order valence-electron chi connectivity index (χ0n) is 11.5. The standard InChI is InChI=1S/C15H19BrN2O2/c1-13(20-12-14-5-3-2-4-6-14)11-19-8-7-18-10-15(16)9-17-18/h2-6,9-10,13H,7-8,11-12H2,1H3. The Morgan fingerprint density at radius 1 is 1.30 bits per heavy atom. The average molecular weight is 339 g/mol.